The van der Waals surface area contributed by atoms with E-state index in [9.17, 15) is 0 Å². The van der Waals surface area contributed by atoms with Gasteiger partial charge in [-0.3, -0.25) is 4.99 Å². The zero-order valence-corrected chi connectivity index (χ0v) is 13.7. The van der Waals surface area contributed by atoms with E-state index < -0.39 is 0 Å². The highest BCUT2D eigenvalue weighted by Gasteiger charge is 2.36. The Hall–Kier alpha value is -0.180. The fourth-order valence-corrected chi connectivity index (χ4v) is 4.74. The molecule has 0 aromatic rings. The van der Waals surface area contributed by atoms with Crippen molar-refractivity contribution in [1.29, 1.82) is 0 Å². The number of rotatable bonds is 4. The van der Waals surface area contributed by atoms with Crippen molar-refractivity contribution in [3.05, 3.63) is 0 Å². The smallest absolute Gasteiger partial charge is 0.157 e. The van der Waals surface area contributed by atoms with E-state index in [0.29, 0.717) is 5.41 Å². The van der Waals surface area contributed by atoms with Crippen LogP contribution < -0.4 is 5.32 Å². The molecular formula is C16H30N2S. The molecule has 1 fully saturated rings. The quantitative estimate of drug-likeness (QED) is 0.815. The van der Waals surface area contributed by atoms with Crippen molar-refractivity contribution >= 4 is 16.9 Å². The molecule has 0 atom stereocenters. The van der Waals surface area contributed by atoms with Crippen LogP contribution in [0.2, 0.25) is 0 Å². The number of hydrogen-bond acceptors (Lipinski definition) is 3. The van der Waals surface area contributed by atoms with E-state index in [-0.39, 0.29) is 5.54 Å². The molecule has 0 amide bonds. The minimum absolute atomic E-state index is 0.267. The second kappa shape index (κ2) is 6.51. The van der Waals surface area contributed by atoms with Crippen LogP contribution in [0.4, 0.5) is 0 Å². The van der Waals surface area contributed by atoms with Gasteiger partial charge in [-0.2, -0.15) is 0 Å². The van der Waals surface area contributed by atoms with Crippen molar-refractivity contribution in [3.8, 4) is 0 Å². The van der Waals surface area contributed by atoms with Crippen LogP contribution in [0.15, 0.2) is 4.99 Å². The number of amidine groups is 1. The van der Waals surface area contributed by atoms with Gasteiger partial charge in [0.2, 0.25) is 0 Å². The minimum Gasteiger partial charge on any atom is -0.360 e. The third-order valence-corrected chi connectivity index (χ3v) is 6.65. The lowest BCUT2D eigenvalue weighted by Crippen LogP contribution is -2.48. The first-order valence-electron chi connectivity index (χ1n) is 8.13. The second-order valence-corrected chi connectivity index (χ2v) is 7.40. The van der Waals surface area contributed by atoms with Gasteiger partial charge in [-0.05, 0) is 37.5 Å². The summed E-state index contributed by atoms with van der Waals surface area (Å²) in [7, 11) is 0. The zero-order chi connectivity index (χ0) is 13.8. The number of nitrogens with one attached hydrogen (secondary N) is 1. The highest BCUT2D eigenvalue weighted by atomic mass is 32.2. The first kappa shape index (κ1) is 15.2. The lowest BCUT2D eigenvalue weighted by molar-refractivity contribution is 0.231. The predicted molar refractivity (Wildman–Crippen MR) is 87.0 cm³/mol. The summed E-state index contributed by atoms with van der Waals surface area (Å²) in [6.45, 7) is 7.93. The third kappa shape index (κ3) is 3.48. The van der Waals surface area contributed by atoms with Crippen LogP contribution in [0.1, 0.15) is 72.1 Å². The van der Waals surface area contributed by atoms with E-state index >= 15 is 0 Å². The highest BCUT2D eigenvalue weighted by molar-refractivity contribution is 8.13. The zero-order valence-electron chi connectivity index (χ0n) is 12.9. The highest BCUT2D eigenvalue weighted by Crippen LogP contribution is 2.42. The fraction of sp³-hybridized carbons (Fsp3) is 0.938. The van der Waals surface area contributed by atoms with E-state index in [4.69, 9.17) is 4.99 Å². The van der Waals surface area contributed by atoms with Crippen molar-refractivity contribution in [2.75, 3.05) is 12.3 Å². The maximum Gasteiger partial charge on any atom is 0.157 e. The lowest BCUT2D eigenvalue weighted by Gasteiger charge is -2.40. The van der Waals surface area contributed by atoms with Crippen molar-refractivity contribution in [2.45, 2.75) is 77.7 Å². The Morgan fingerprint density at radius 2 is 1.74 bits per heavy atom. The van der Waals surface area contributed by atoms with Gasteiger partial charge in [0.05, 0.1) is 0 Å². The molecule has 1 aliphatic carbocycles. The van der Waals surface area contributed by atoms with Gasteiger partial charge in [0.15, 0.2) is 5.17 Å². The lowest BCUT2D eigenvalue weighted by atomic mass is 9.75. The molecule has 1 spiro atoms. The second-order valence-electron chi connectivity index (χ2n) is 6.44. The molecule has 2 rings (SSSR count). The number of thioether (sulfide) groups is 1. The molecule has 0 unspecified atom stereocenters. The van der Waals surface area contributed by atoms with Crippen LogP contribution in [-0.2, 0) is 0 Å². The molecule has 0 saturated heterocycles. The Morgan fingerprint density at radius 3 is 2.21 bits per heavy atom. The van der Waals surface area contributed by atoms with Gasteiger partial charge in [0.25, 0.3) is 0 Å². The molecule has 0 radical (unpaired) electrons. The summed E-state index contributed by atoms with van der Waals surface area (Å²) < 4.78 is 0. The Labute approximate surface area is 123 Å². The van der Waals surface area contributed by atoms with E-state index in [1.54, 1.807) is 0 Å². The summed E-state index contributed by atoms with van der Waals surface area (Å²) >= 11 is 1.98. The molecule has 2 aliphatic rings. The Bertz CT molecular complexity index is 306. The van der Waals surface area contributed by atoms with Crippen LogP contribution in [0.25, 0.3) is 0 Å². The predicted octanol–water partition coefficient (Wildman–Crippen LogP) is 4.60. The van der Waals surface area contributed by atoms with Crippen molar-refractivity contribution in [1.82, 2.24) is 5.32 Å². The van der Waals surface area contributed by atoms with Crippen LogP contribution in [-0.4, -0.2) is 23.0 Å². The monoisotopic (exact) mass is 282 g/mol. The maximum absolute atomic E-state index is 4.90. The molecule has 1 heterocycles. The molecule has 0 bridgehead atoms. The van der Waals surface area contributed by atoms with E-state index in [1.807, 2.05) is 11.8 Å². The van der Waals surface area contributed by atoms with Gasteiger partial charge in [-0.1, -0.05) is 51.8 Å². The molecular weight excluding hydrogens is 252 g/mol. The summed E-state index contributed by atoms with van der Waals surface area (Å²) in [5.41, 5.74) is 0.810. The first-order chi connectivity index (χ1) is 9.17. The first-order valence-corrected chi connectivity index (χ1v) is 9.11. The Kier molecular flexibility index (Phi) is 5.22. The number of aliphatic imine (C=N–C) groups is 1. The maximum atomic E-state index is 4.90. The van der Waals surface area contributed by atoms with Gasteiger partial charge in [-0.15, -0.1) is 0 Å². The number of nitrogens with zero attached hydrogens (tertiary/aromatic N) is 1. The average molecular weight is 282 g/mol. The standard InChI is InChI=1S/C16H30N2S/c1-4-16(5-2,6-3)18-14-17-12-15(13-19-14)10-8-7-9-11-15/h4-13H2,1-3H3,(H,17,18). The molecule has 19 heavy (non-hydrogen) atoms. The molecule has 0 aromatic carbocycles. The summed E-state index contributed by atoms with van der Waals surface area (Å²) in [5.74, 6) is 1.28. The molecule has 2 nitrogen and oxygen atoms in total. The molecule has 3 heteroatoms. The van der Waals surface area contributed by atoms with Crippen molar-refractivity contribution in [3.63, 3.8) is 0 Å². The molecule has 110 valence electrons. The Morgan fingerprint density at radius 1 is 1.11 bits per heavy atom. The van der Waals surface area contributed by atoms with E-state index in [1.165, 1.54) is 62.3 Å². The minimum atomic E-state index is 0.267. The van der Waals surface area contributed by atoms with Crippen LogP contribution in [0.5, 0.6) is 0 Å². The molecule has 0 aromatic heterocycles. The molecule has 1 N–H and O–H groups in total. The van der Waals surface area contributed by atoms with Crippen LogP contribution in [0.3, 0.4) is 0 Å². The third-order valence-electron chi connectivity index (χ3n) is 5.39. The molecule has 1 aliphatic heterocycles. The van der Waals surface area contributed by atoms with Gasteiger partial charge in [0, 0.05) is 17.8 Å². The largest absolute Gasteiger partial charge is 0.360 e. The normalized spacial score (nSPS) is 23.2. The van der Waals surface area contributed by atoms with Crippen LogP contribution >= 0.6 is 11.8 Å². The van der Waals surface area contributed by atoms with E-state index in [0.717, 1.165) is 6.54 Å². The fourth-order valence-electron chi connectivity index (χ4n) is 3.47. The topological polar surface area (TPSA) is 24.4 Å². The van der Waals surface area contributed by atoms with Gasteiger partial charge in [-0.25, -0.2) is 0 Å². The van der Waals surface area contributed by atoms with Crippen molar-refractivity contribution < 1.29 is 0 Å². The summed E-state index contributed by atoms with van der Waals surface area (Å²) in [4.78, 5) is 4.90. The van der Waals surface area contributed by atoms with E-state index in [2.05, 4.69) is 26.1 Å². The SMILES string of the molecule is CCC(CC)(CC)NC1=NCC2(CCCCC2)CS1. The van der Waals surface area contributed by atoms with Gasteiger partial charge < -0.3 is 5.32 Å². The van der Waals surface area contributed by atoms with Gasteiger partial charge >= 0.3 is 0 Å². The van der Waals surface area contributed by atoms with Gasteiger partial charge in [0.1, 0.15) is 0 Å². The average Bonchev–Trinajstić information content (AvgIpc) is 2.48. The summed E-state index contributed by atoms with van der Waals surface area (Å²) in [6, 6.07) is 0. The Balaban J connectivity index is 1.96. The molecule has 1 saturated carbocycles. The summed E-state index contributed by atoms with van der Waals surface area (Å²) in [6.07, 6.45) is 10.6. The van der Waals surface area contributed by atoms with Crippen molar-refractivity contribution in [2.24, 2.45) is 10.4 Å². The van der Waals surface area contributed by atoms with Crippen LogP contribution in [0, 0.1) is 5.41 Å². The summed E-state index contributed by atoms with van der Waals surface area (Å²) in [5, 5.41) is 4.96. The number of hydrogen-bond donors (Lipinski definition) is 1.